The number of fused-ring (bicyclic) bond motifs is 1. The van der Waals surface area contributed by atoms with Crippen molar-refractivity contribution in [1.29, 1.82) is 0 Å². The van der Waals surface area contributed by atoms with Gasteiger partial charge in [-0.25, -0.2) is 4.39 Å². The number of ether oxygens (including phenoxy) is 1. The van der Waals surface area contributed by atoms with Crippen LogP contribution in [0.25, 0.3) is 17.1 Å². The molecule has 0 atom stereocenters. The van der Waals surface area contributed by atoms with E-state index in [0.717, 1.165) is 5.56 Å². The number of aromatic nitrogens is 5. The van der Waals surface area contributed by atoms with Crippen LogP contribution in [0.5, 0.6) is 11.6 Å². The van der Waals surface area contributed by atoms with Crippen LogP contribution in [0.15, 0.2) is 48.8 Å². The van der Waals surface area contributed by atoms with Crippen LogP contribution in [-0.4, -0.2) is 31.3 Å². The molecule has 0 aliphatic rings. The molecule has 4 N–H and O–H groups in total. The molecule has 28 heavy (non-hydrogen) atoms. The van der Waals surface area contributed by atoms with Crippen LogP contribution >= 0.6 is 0 Å². The van der Waals surface area contributed by atoms with Crippen LogP contribution < -0.4 is 15.8 Å². The predicted molar refractivity (Wildman–Crippen MR) is 105 cm³/mol. The Hall–Kier alpha value is -3.72. The van der Waals surface area contributed by atoms with E-state index in [9.17, 15) is 4.39 Å². The lowest BCUT2D eigenvalue weighted by Crippen LogP contribution is -2.01. The zero-order valence-corrected chi connectivity index (χ0v) is 15.1. The second-order valence-corrected chi connectivity index (χ2v) is 6.02. The molecule has 1 aromatic carbocycles. The van der Waals surface area contributed by atoms with Gasteiger partial charge in [-0.3, -0.25) is 4.68 Å². The lowest BCUT2D eigenvalue weighted by molar-refractivity contribution is 0.466. The Morgan fingerprint density at radius 3 is 3.00 bits per heavy atom. The van der Waals surface area contributed by atoms with E-state index in [2.05, 4.69) is 25.4 Å². The van der Waals surface area contributed by atoms with Gasteiger partial charge in [0, 0.05) is 32.1 Å². The van der Waals surface area contributed by atoms with E-state index in [4.69, 9.17) is 10.5 Å². The quantitative estimate of drug-likeness (QED) is 0.474. The van der Waals surface area contributed by atoms with Gasteiger partial charge in [-0.15, -0.1) is 0 Å². The molecule has 4 rings (SSSR count). The first-order valence-corrected chi connectivity index (χ1v) is 8.58. The van der Waals surface area contributed by atoms with E-state index in [-0.39, 0.29) is 17.2 Å². The van der Waals surface area contributed by atoms with Crippen LogP contribution in [0.1, 0.15) is 5.56 Å². The number of aryl methyl sites for hydroxylation is 1. The summed E-state index contributed by atoms with van der Waals surface area (Å²) in [6.07, 6.45) is 6.72. The number of nitrogens with two attached hydrogens (primary N) is 1. The lowest BCUT2D eigenvalue weighted by Gasteiger charge is -2.09. The summed E-state index contributed by atoms with van der Waals surface area (Å²) in [6.45, 7) is 0.439. The Labute approximate surface area is 159 Å². The third-order valence-electron chi connectivity index (χ3n) is 3.92. The van der Waals surface area contributed by atoms with Gasteiger partial charge in [0.05, 0.1) is 0 Å². The standard InChI is InChI=1S/C19H18FN7O/c1-27-9-7-15(26-27)23-19-24-17-16(14(20)11-22-17)18(25-19)28-13-6-2-4-12(10-13)5-3-8-21/h2-7,9-11H,8,21H2,1H3,(H2,22,23,24,25,26). The predicted octanol–water partition coefficient (Wildman–Crippen LogP) is 3.34. The molecule has 0 bridgehead atoms. The van der Waals surface area contributed by atoms with Crippen LogP contribution in [-0.2, 0) is 7.05 Å². The number of aromatic amines is 1. The molecule has 0 fully saturated rings. The molecule has 8 nitrogen and oxygen atoms in total. The highest BCUT2D eigenvalue weighted by molar-refractivity contribution is 5.83. The molecule has 0 spiro atoms. The van der Waals surface area contributed by atoms with Crippen molar-refractivity contribution in [2.45, 2.75) is 0 Å². The van der Waals surface area contributed by atoms with Crippen LogP contribution in [0.3, 0.4) is 0 Å². The Morgan fingerprint density at radius 1 is 1.32 bits per heavy atom. The Kier molecular flexibility index (Phi) is 4.73. The van der Waals surface area contributed by atoms with Crippen molar-refractivity contribution < 1.29 is 9.13 Å². The highest BCUT2D eigenvalue weighted by Gasteiger charge is 2.16. The second-order valence-electron chi connectivity index (χ2n) is 6.02. The van der Waals surface area contributed by atoms with Crippen molar-refractivity contribution >= 4 is 28.9 Å². The number of hydrogen-bond acceptors (Lipinski definition) is 6. The number of H-pyrrole nitrogens is 1. The maximum absolute atomic E-state index is 14.3. The molecule has 142 valence electrons. The van der Waals surface area contributed by atoms with E-state index in [1.807, 2.05) is 30.4 Å². The van der Waals surface area contributed by atoms with E-state index in [1.54, 1.807) is 30.1 Å². The summed E-state index contributed by atoms with van der Waals surface area (Å²) in [5, 5.41) is 7.39. The van der Waals surface area contributed by atoms with Crippen LogP contribution in [0.4, 0.5) is 16.2 Å². The highest BCUT2D eigenvalue weighted by atomic mass is 19.1. The van der Waals surface area contributed by atoms with Crippen molar-refractivity contribution in [3.63, 3.8) is 0 Å². The van der Waals surface area contributed by atoms with Gasteiger partial charge < -0.3 is 20.8 Å². The molecular weight excluding hydrogens is 361 g/mol. The van der Waals surface area contributed by atoms with Gasteiger partial charge in [-0.05, 0) is 17.7 Å². The topological polar surface area (TPSA) is 107 Å². The van der Waals surface area contributed by atoms with Gasteiger partial charge in [0.25, 0.3) is 0 Å². The van der Waals surface area contributed by atoms with E-state index in [0.29, 0.717) is 23.8 Å². The SMILES string of the molecule is Cn1ccc(Nc2nc(Oc3cccc(C=CCN)c3)c3c(F)c[nH]c3n2)n1. The average Bonchev–Trinajstić information content (AvgIpc) is 3.26. The molecule has 0 saturated carbocycles. The molecule has 3 aromatic heterocycles. The molecule has 0 saturated heterocycles. The maximum atomic E-state index is 14.3. The number of nitrogens with zero attached hydrogens (tertiary/aromatic N) is 4. The fourth-order valence-electron chi connectivity index (χ4n) is 2.69. The fourth-order valence-corrected chi connectivity index (χ4v) is 2.69. The minimum absolute atomic E-state index is 0.0992. The van der Waals surface area contributed by atoms with Crippen molar-refractivity contribution in [2.24, 2.45) is 12.8 Å². The van der Waals surface area contributed by atoms with Crippen molar-refractivity contribution in [2.75, 3.05) is 11.9 Å². The molecule has 9 heteroatoms. The van der Waals surface area contributed by atoms with E-state index in [1.165, 1.54) is 6.20 Å². The van der Waals surface area contributed by atoms with Crippen LogP contribution in [0, 0.1) is 5.82 Å². The summed E-state index contributed by atoms with van der Waals surface area (Å²) in [4.78, 5) is 11.4. The summed E-state index contributed by atoms with van der Waals surface area (Å²) in [7, 11) is 1.80. The smallest absolute Gasteiger partial charge is 0.236 e. The maximum Gasteiger partial charge on any atom is 0.236 e. The molecule has 0 aliphatic carbocycles. The number of benzene rings is 1. The summed E-state index contributed by atoms with van der Waals surface area (Å²) in [6, 6.07) is 9.11. The first-order chi connectivity index (χ1) is 13.6. The van der Waals surface area contributed by atoms with Gasteiger partial charge in [-0.1, -0.05) is 24.3 Å². The Bertz CT molecular complexity index is 1150. The normalized spacial score (nSPS) is 11.4. The zero-order valence-electron chi connectivity index (χ0n) is 15.1. The van der Waals surface area contributed by atoms with E-state index >= 15 is 0 Å². The number of rotatable bonds is 6. The van der Waals surface area contributed by atoms with Gasteiger partial charge >= 0.3 is 0 Å². The largest absolute Gasteiger partial charge is 0.438 e. The van der Waals surface area contributed by atoms with Gasteiger partial charge in [0.1, 0.15) is 16.8 Å². The summed E-state index contributed by atoms with van der Waals surface area (Å²) in [5.74, 6) is 0.926. The molecular formula is C19H18FN7O. The van der Waals surface area contributed by atoms with Gasteiger partial charge in [-0.2, -0.15) is 15.1 Å². The molecule has 4 aromatic rings. The first kappa shape index (κ1) is 17.7. The molecule has 3 heterocycles. The summed E-state index contributed by atoms with van der Waals surface area (Å²) < 4.78 is 21.8. The van der Waals surface area contributed by atoms with Gasteiger partial charge in [0.15, 0.2) is 11.6 Å². The minimum atomic E-state index is -0.492. The Morgan fingerprint density at radius 2 is 2.21 bits per heavy atom. The first-order valence-electron chi connectivity index (χ1n) is 8.58. The van der Waals surface area contributed by atoms with Crippen molar-refractivity contribution in [1.82, 2.24) is 24.7 Å². The Balaban J connectivity index is 1.70. The highest BCUT2D eigenvalue weighted by Crippen LogP contribution is 2.31. The number of hydrogen-bond donors (Lipinski definition) is 3. The molecule has 0 amide bonds. The second kappa shape index (κ2) is 7.49. The lowest BCUT2D eigenvalue weighted by atomic mass is 10.2. The van der Waals surface area contributed by atoms with Crippen LogP contribution in [0.2, 0.25) is 0 Å². The van der Waals surface area contributed by atoms with E-state index < -0.39 is 5.82 Å². The third-order valence-corrected chi connectivity index (χ3v) is 3.92. The summed E-state index contributed by atoms with van der Waals surface area (Å²) >= 11 is 0. The average molecular weight is 379 g/mol. The molecule has 0 aliphatic heterocycles. The monoisotopic (exact) mass is 379 g/mol. The number of anilines is 2. The van der Waals surface area contributed by atoms with Crippen molar-refractivity contribution in [3.8, 4) is 11.6 Å². The third kappa shape index (κ3) is 3.69. The summed E-state index contributed by atoms with van der Waals surface area (Å²) in [5.41, 5.74) is 6.72. The molecule has 0 radical (unpaired) electrons. The van der Waals surface area contributed by atoms with Gasteiger partial charge in [0.2, 0.25) is 11.8 Å². The van der Waals surface area contributed by atoms with Crippen molar-refractivity contribution in [3.05, 3.63) is 60.2 Å². The minimum Gasteiger partial charge on any atom is -0.438 e. The number of nitrogens with one attached hydrogen (secondary N) is 2. The zero-order chi connectivity index (χ0) is 19.5. The fraction of sp³-hybridized carbons (Fsp3) is 0.105. The number of halogens is 1. The molecule has 0 unspecified atom stereocenters.